The van der Waals surface area contributed by atoms with Crippen molar-refractivity contribution in [3.63, 3.8) is 0 Å². The van der Waals surface area contributed by atoms with Crippen molar-refractivity contribution in [2.24, 2.45) is 11.8 Å². The highest BCUT2D eigenvalue weighted by molar-refractivity contribution is 5.93. The number of hydrogen-bond donors (Lipinski definition) is 2. The minimum Gasteiger partial charge on any atom is -0.381 e. The van der Waals surface area contributed by atoms with Gasteiger partial charge in [0.15, 0.2) is 5.78 Å². The molecule has 1 aliphatic carbocycles. The Bertz CT molecular complexity index is 743. The number of anilines is 1. The largest absolute Gasteiger partial charge is 0.381 e. The van der Waals surface area contributed by atoms with E-state index in [9.17, 15) is 9.90 Å². The fourth-order valence-corrected chi connectivity index (χ4v) is 5.61. The monoisotopic (exact) mass is 310 g/mol. The Balaban J connectivity index is 1.69. The molecule has 4 aliphatic rings. The zero-order chi connectivity index (χ0) is 15.8. The van der Waals surface area contributed by atoms with E-state index < -0.39 is 11.3 Å². The van der Waals surface area contributed by atoms with E-state index in [1.54, 1.807) is 6.92 Å². The Hall–Kier alpha value is -1.65. The first-order valence-electron chi connectivity index (χ1n) is 8.61. The van der Waals surface area contributed by atoms with E-state index in [4.69, 9.17) is 0 Å². The molecule has 4 heteroatoms. The van der Waals surface area contributed by atoms with Gasteiger partial charge in [-0.25, -0.2) is 0 Å². The van der Waals surface area contributed by atoms with Gasteiger partial charge in [-0.15, -0.1) is 0 Å². The van der Waals surface area contributed by atoms with E-state index in [1.807, 2.05) is 18.2 Å². The van der Waals surface area contributed by atoms with E-state index in [-0.39, 0.29) is 11.7 Å². The fraction of sp³-hybridized carbons (Fsp3) is 0.526. The third kappa shape index (κ3) is 1.51. The van der Waals surface area contributed by atoms with Crippen LogP contribution in [0.15, 0.2) is 35.9 Å². The average molecular weight is 310 g/mol. The molecule has 2 saturated heterocycles. The smallest absolute Gasteiger partial charge is 0.155 e. The molecule has 0 radical (unpaired) electrons. The highest BCUT2D eigenvalue weighted by atomic mass is 16.3. The van der Waals surface area contributed by atoms with E-state index >= 15 is 0 Å². The van der Waals surface area contributed by atoms with Crippen molar-refractivity contribution in [2.45, 2.75) is 37.5 Å². The number of nitrogens with zero attached hydrogens (tertiary/aromatic N) is 1. The number of Topliss-reactive ketones (excluding diaryl/α,β-unsaturated/α-hetero) is 1. The minimum atomic E-state index is -0.866. The standard InChI is InChI=1S/C19H22N2O2/c1-12(22)14-8-13-9-15(10-14)19-18(23,6-7-21(19)11-13)16-4-2-3-5-17(16)20-19/h2-5,10,13,15,20,23H,6-9,11H2,1H3. The number of ketones is 1. The van der Waals surface area contributed by atoms with Gasteiger partial charge in [-0.3, -0.25) is 9.69 Å². The van der Waals surface area contributed by atoms with Crippen molar-refractivity contribution in [3.8, 4) is 0 Å². The van der Waals surface area contributed by atoms with Crippen molar-refractivity contribution in [3.05, 3.63) is 41.5 Å². The molecule has 4 atom stereocenters. The number of piperidine rings is 1. The molecule has 1 aromatic rings. The Labute approximate surface area is 136 Å². The van der Waals surface area contributed by atoms with Crippen molar-refractivity contribution in [1.29, 1.82) is 0 Å². The maximum Gasteiger partial charge on any atom is 0.155 e. The molecule has 0 aromatic heterocycles. The summed E-state index contributed by atoms with van der Waals surface area (Å²) in [6, 6.07) is 8.12. The number of aliphatic hydroxyl groups is 1. The molecule has 1 spiro atoms. The van der Waals surface area contributed by atoms with Crippen molar-refractivity contribution in [2.75, 3.05) is 18.4 Å². The Morgan fingerprint density at radius 2 is 2.22 bits per heavy atom. The summed E-state index contributed by atoms with van der Waals surface area (Å²) in [5.41, 5.74) is 1.67. The number of allylic oxidation sites excluding steroid dienone is 1. The van der Waals surface area contributed by atoms with Crippen LogP contribution in [0.3, 0.4) is 0 Å². The highest BCUT2D eigenvalue weighted by Crippen LogP contribution is 2.61. The van der Waals surface area contributed by atoms with Gasteiger partial charge in [0.05, 0.1) is 0 Å². The first-order chi connectivity index (χ1) is 11.0. The quantitative estimate of drug-likeness (QED) is 0.835. The van der Waals surface area contributed by atoms with Crippen LogP contribution in [-0.4, -0.2) is 34.5 Å². The third-order valence-electron chi connectivity index (χ3n) is 6.54. The van der Waals surface area contributed by atoms with E-state index in [2.05, 4.69) is 22.4 Å². The Morgan fingerprint density at radius 3 is 3.04 bits per heavy atom. The number of carbonyl (C=O) groups is 1. The normalized spacial score (nSPS) is 40.7. The SMILES string of the molecule is CC(=O)C1=CC2CC(C1)CN1CCC3(O)c4ccccc4NC213. The summed E-state index contributed by atoms with van der Waals surface area (Å²) in [5.74, 6) is 0.887. The molecule has 0 saturated carbocycles. The summed E-state index contributed by atoms with van der Waals surface area (Å²) < 4.78 is 0. The maximum absolute atomic E-state index is 11.9. The zero-order valence-electron chi connectivity index (χ0n) is 13.4. The molecule has 4 nitrogen and oxygen atoms in total. The molecule has 23 heavy (non-hydrogen) atoms. The molecule has 3 aliphatic heterocycles. The number of carbonyl (C=O) groups excluding carboxylic acids is 1. The number of rotatable bonds is 1. The van der Waals surface area contributed by atoms with Crippen LogP contribution in [0.1, 0.15) is 31.7 Å². The maximum atomic E-state index is 11.9. The third-order valence-corrected chi connectivity index (χ3v) is 6.54. The van der Waals surface area contributed by atoms with Gasteiger partial charge in [0.1, 0.15) is 11.3 Å². The first kappa shape index (κ1) is 13.8. The second-order valence-electron chi connectivity index (χ2n) is 7.65. The highest BCUT2D eigenvalue weighted by Gasteiger charge is 2.68. The van der Waals surface area contributed by atoms with Gasteiger partial charge in [0.2, 0.25) is 0 Å². The van der Waals surface area contributed by atoms with Crippen LogP contribution < -0.4 is 5.32 Å². The molecule has 5 rings (SSSR count). The van der Waals surface area contributed by atoms with Crippen molar-refractivity contribution >= 4 is 11.5 Å². The summed E-state index contributed by atoms with van der Waals surface area (Å²) in [6.45, 7) is 3.54. The lowest BCUT2D eigenvalue weighted by Gasteiger charge is -2.54. The average Bonchev–Trinajstić information content (AvgIpc) is 2.96. The zero-order valence-corrected chi connectivity index (χ0v) is 13.4. The first-order valence-corrected chi connectivity index (χ1v) is 8.61. The van der Waals surface area contributed by atoms with Crippen LogP contribution in [0, 0.1) is 11.8 Å². The lowest BCUT2D eigenvalue weighted by molar-refractivity contribution is -0.115. The number of hydrogen-bond acceptors (Lipinski definition) is 4. The molecule has 120 valence electrons. The molecule has 3 heterocycles. The van der Waals surface area contributed by atoms with Crippen LogP contribution in [0.4, 0.5) is 5.69 Å². The van der Waals surface area contributed by atoms with Crippen LogP contribution >= 0.6 is 0 Å². The van der Waals surface area contributed by atoms with Gasteiger partial charge in [-0.2, -0.15) is 0 Å². The van der Waals surface area contributed by atoms with E-state index in [0.717, 1.165) is 49.2 Å². The molecule has 4 unspecified atom stereocenters. The lowest BCUT2D eigenvalue weighted by atomic mass is 9.67. The van der Waals surface area contributed by atoms with Crippen molar-refractivity contribution < 1.29 is 9.90 Å². The minimum absolute atomic E-state index is 0.175. The van der Waals surface area contributed by atoms with Crippen LogP contribution in [0.5, 0.6) is 0 Å². The molecule has 0 amide bonds. The number of benzene rings is 1. The fourth-order valence-electron chi connectivity index (χ4n) is 5.61. The molecule has 1 aromatic carbocycles. The van der Waals surface area contributed by atoms with Gasteiger partial charge >= 0.3 is 0 Å². The molecular formula is C19H22N2O2. The van der Waals surface area contributed by atoms with E-state index in [0.29, 0.717) is 5.92 Å². The Morgan fingerprint density at radius 1 is 1.39 bits per heavy atom. The molecular weight excluding hydrogens is 288 g/mol. The van der Waals surface area contributed by atoms with E-state index in [1.165, 1.54) is 0 Å². The predicted molar refractivity (Wildman–Crippen MR) is 87.9 cm³/mol. The molecule has 2 fully saturated rings. The number of fused-ring (bicyclic) bond motifs is 4. The van der Waals surface area contributed by atoms with Gasteiger partial charge in [0.25, 0.3) is 0 Å². The summed E-state index contributed by atoms with van der Waals surface area (Å²) in [4.78, 5) is 14.4. The van der Waals surface area contributed by atoms with Gasteiger partial charge < -0.3 is 10.4 Å². The second-order valence-corrected chi connectivity index (χ2v) is 7.65. The second kappa shape index (κ2) is 4.25. The molecule has 2 N–H and O–H groups in total. The van der Waals surface area contributed by atoms with Crippen LogP contribution in [0.2, 0.25) is 0 Å². The summed E-state index contributed by atoms with van der Waals surface area (Å²) in [5, 5.41) is 15.4. The number of nitrogens with one attached hydrogen (secondary N) is 1. The van der Waals surface area contributed by atoms with Crippen LogP contribution in [0.25, 0.3) is 0 Å². The van der Waals surface area contributed by atoms with Gasteiger partial charge in [-0.1, -0.05) is 24.3 Å². The van der Waals surface area contributed by atoms with Crippen molar-refractivity contribution in [1.82, 2.24) is 4.90 Å². The van der Waals surface area contributed by atoms with Crippen LogP contribution in [-0.2, 0) is 10.4 Å². The molecule has 2 bridgehead atoms. The van der Waals surface area contributed by atoms with Gasteiger partial charge in [0, 0.05) is 30.3 Å². The lowest BCUT2D eigenvalue weighted by Crippen LogP contribution is -2.66. The van der Waals surface area contributed by atoms with Gasteiger partial charge in [-0.05, 0) is 43.7 Å². The summed E-state index contributed by atoms with van der Waals surface area (Å²) in [6.07, 6.45) is 4.85. The number of para-hydroxylation sites is 1. The Kier molecular flexibility index (Phi) is 2.54. The predicted octanol–water partition coefficient (Wildman–Crippen LogP) is 2.26. The summed E-state index contributed by atoms with van der Waals surface area (Å²) >= 11 is 0. The summed E-state index contributed by atoms with van der Waals surface area (Å²) in [7, 11) is 0. The topological polar surface area (TPSA) is 52.6 Å².